The smallest absolute Gasteiger partial charge is 0.238 e. The molecule has 2 atom stereocenters. The van der Waals surface area contributed by atoms with Crippen LogP contribution in [0.1, 0.15) is 30.4 Å². The van der Waals surface area contributed by atoms with Gasteiger partial charge in [-0.15, -0.1) is 0 Å². The van der Waals surface area contributed by atoms with Gasteiger partial charge in [-0.25, -0.2) is 0 Å². The molecular formula is C25H27N5O. The van der Waals surface area contributed by atoms with Gasteiger partial charge in [0.1, 0.15) is 6.04 Å². The van der Waals surface area contributed by atoms with Crippen molar-refractivity contribution in [3.8, 4) is 17.2 Å². The number of benzene rings is 2. The molecule has 2 heterocycles. The highest BCUT2D eigenvalue weighted by molar-refractivity contribution is 5.82. The quantitative estimate of drug-likeness (QED) is 0.623. The summed E-state index contributed by atoms with van der Waals surface area (Å²) in [6.07, 6.45) is 7.37. The molecule has 1 aliphatic heterocycles. The number of hydrogen-bond donors (Lipinski definition) is 2. The van der Waals surface area contributed by atoms with Crippen LogP contribution in [0.3, 0.4) is 0 Å². The molecule has 1 aliphatic rings. The molecule has 0 spiro atoms. The average Bonchev–Trinajstić information content (AvgIpc) is 3.28. The Balaban J connectivity index is 1.35. The third-order valence-corrected chi connectivity index (χ3v) is 5.65. The second-order valence-corrected chi connectivity index (χ2v) is 8.01. The predicted molar refractivity (Wildman–Crippen MR) is 120 cm³/mol. The summed E-state index contributed by atoms with van der Waals surface area (Å²) in [5.41, 5.74) is 4.35. The molecule has 1 amide bonds. The molecule has 0 bridgehead atoms. The second-order valence-electron chi connectivity index (χ2n) is 8.01. The largest absolute Gasteiger partial charge is 0.339 e. The van der Waals surface area contributed by atoms with Crippen LogP contribution in [-0.4, -0.2) is 34.3 Å². The van der Waals surface area contributed by atoms with Crippen molar-refractivity contribution >= 4 is 5.91 Å². The van der Waals surface area contributed by atoms with E-state index < -0.39 is 6.04 Å². The average molecular weight is 414 g/mol. The maximum atomic E-state index is 12.4. The van der Waals surface area contributed by atoms with Crippen molar-refractivity contribution in [2.24, 2.45) is 0 Å². The fraction of sp³-hybridized carbons (Fsp3) is 0.320. The Labute approximate surface area is 182 Å². The van der Waals surface area contributed by atoms with E-state index in [1.54, 1.807) is 0 Å². The minimum atomic E-state index is -0.532. The van der Waals surface area contributed by atoms with E-state index in [2.05, 4.69) is 33.9 Å². The number of rotatable bonds is 7. The Bertz CT molecular complexity index is 1030. The summed E-state index contributed by atoms with van der Waals surface area (Å²) in [4.78, 5) is 12.4. The third kappa shape index (κ3) is 5.59. The lowest BCUT2D eigenvalue weighted by Gasteiger charge is -2.23. The van der Waals surface area contributed by atoms with E-state index in [-0.39, 0.29) is 11.9 Å². The highest BCUT2D eigenvalue weighted by Crippen LogP contribution is 2.20. The highest BCUT2D eigenvalue weighted by atomic mass is 16.2. The maximum Gasteiger partial charge on any atom is 0.238 e. The van der Waals surface area contributed by atoms with Crippen LogP contribution < -0.4 is 10.6 Å². The van der Waals surface area contributed by atoms with Gasteiger partial charge in [0, 0.05) is 18.2 Å². The van der Waals surface area contributed by atoms with Gasteiger partial charge >= 0.3 is 0 Å². The molecule has 3 aromatic rings. The molecule has 0 aliphatic carbocycles. The van der Waals surface area contributed by atoms with E-state index in [1.807, 2.05) is 59.5 Å². The standard InChI is InChI=1S/C25H27N5O/c26-15-23(29-25(31)24-8-4-5-13-27-24)14-19-9-11-21(12-10-19)22-16-28-30(18-22)17-20-6-2-1-3-7-20/h1-3,6-7,9-12,16,18,23-24,27H,4-5,8,13-14,17H2,(H,29,31)/t23-,24?/m0/s1. The van der Waals surface area contributed by atoms with Crippen LogP contribution in [0.15, 0.2) is 67.0 Å². The highest BCUT2D eigenvalue weighted by Gasteiger charge is 2.23. The summed E-state index contributed by atoms with van der Waals surface area (Å²) < 4.78 is 1.93. The van der Waals surface area contributed by atoms with Gasteiger partial charge in [-0.05, 0) is 36.1 Å². The molecule has 6 nitrogen and oxygen atoms in total. The van der Waals surface area contributed by atoms with Crippen LogP contribution in [0.5, 0.6) is 0 Å². The first-order valence-corrected chi connectivity index (χ1v) is 10.8. The first kappa shape index (κ1) is 20.8. The minimum absolute atomic E-state index is 0.0753. The number of carbonyl (C=O) groups excluding carboxylic acids is 1. The SMILES string of the molecule is N#C[C@H](Cc1ccc(-c2cnn(Cc3ccccc3)c2)cc1)NC(=O)C1CCCCN1. The van der Waals surface area contributed by atoms with Crippen LogP contribution in [0.4, 0.5) is 0 Å². The van der Waals surface area contributed by atoms with E-state index in [1.165, 1.54) is 5.56 Å². The number of carbonyl (C=O) groups is 1. The summed E-state index contributed by atoms with van der Waals surface area (Å²) in [7, 11) is 0. The maximum absolute atomic E-state index is 12.4. The van der Waals surface area contributed by atoms with E-state index in [9.17, 15) is 10.1 Å². The topological polar surface area (TPSA) is 82.7 Å². The first-order chi connectivity index (χ1) is 15.2. The van der Waals surface area contributed by atoms with Crippen LogP contribution in [0, 0.1) is 11.3 Å². The normalized spacial score (nSPS) is 16.9. The van der Waals surface area contributed by atoms with Gasteiger partial charge in [0.25, 0.3) is 0 Å². The van der Waals surface area contributed by atoms with E-state index >= 15 is 0 Å². The number of nitriles is 1. The zero-order valence-corrected chi connectivity index (χ0v) is 17.5. The van der Waals surface area contributed by atoms with Gasteiger partial charge in [0.05, 0.1) is 24.9 Å². The molecule has 158 valence electrons. The minimum Gasteiger partial charge on any atom is -0.339 e. The molecule has 2 N–H and O–H groups in total. The van der Waals surface area contributed by atoms with Gasteiger partial charge in [-0.2, -0.15) is 10.4 Å². The van der Waals surface area contributed by atoms with Crippen molar-refractivity contribution in [3.63, 3.8) is 0 Å². The van der Waals surface area contributed by atoms with Gasteiger partial charge in [0.15, 0.2) is 0 Å². The van der Waals surface area contributed by atoms with Crippen molar-refractivity contribution < 1.29 is 4.79 Å². The van der Waals surface area contributed by atoms with E-state index in [0.29, 0.717) is 6.42 Å². The fourth-order valence-electron chi connectivity index (χ4n) is 3.92. The van der Waals surface area contributed by atoms with Crippen LogP contribution in [0.25, 0.3) is 11.1 Å². The summed E-state index contributed by atoms with van der Waals surface area (Å²) in [5, 5.41) is 20.1. The van der Waals surface area contributed by atoms with Crippen LogP contribution >= 0.6 is 0 Å². The number of amides is 1. The third-order valence-electron chi connectivity index (χ3n) is 5.65. The molecule has 1 saturated heterocycles. The Morgan fingerprint density at radius 2 is 1.94 bits per heavy atom. The predicted octanol–water partition coefficient (Wildman–Crippen LogP) is 3.29. The summed E-state index contributed by atoms with van der Waals surface area (Å²) in [6.45, 7) is 1.59. The number of piperidine rings is 1. The van der Waals surface area contributed by atoms with Crippen molar-refractivity contribution in [2.75, 3.05) is 6.54 Å². The molecule has 1 unspecified atom stereocenters. The lowest BCUT2D eigenvalue weighted by molar-refractivity contribution is -0.124. The van der Waals surface area contributed by atoms with Gasteiger partial charge in [0.2, 0.25) is 5.91 Å². The Hall–Kier alpha value is -3.43. The van der Waals surface area contributed by atoms with E-state index in [0.717, 1.165) is 49.0 Å². The van der Waals surface area contributed by atoms with Crippen LogP contribution in [-0.2, 0) is 17.8 Å². The van der Waals surface area contributed by atoms with Gasteiger partial charge in [-0.3, -0.25) is 9.48 Å². The Morgan fingerprint density at radius 3 is 2.65 bits per heavy atom. The van der Waals surface area contributed by atoms with Crippen LogP contribution in [0.2, 0.25) is 0 Å². The molecule has 1 fully saturated rings. The number of nitrogens with zero attached hydrogens (tertiary/aromatic N) is 3. The molecule has 31 heavy (non-hydrogen) atoms. The summed E-state index contributed by atoms with van der Waals surface area (Å²) in [6, 6.07) is 19.9. The van der Waals surface area contributed by atoms with Crippen molar-refractivity contribution in [1.29, 1.82) is 5.26 Å². The van der Waals surface area contributed by atoms with E-state index in [4.69, 9.17) is 0 Å². The van der Waals surface area contributed by atoms with Gasteiger partial charge in [-0.1, -0.05) is 61.0 Å². The monoisotopic (exact) mass is 413 g/mol. The zero-order chi connectivity index (χ0) is 21.5. The molecule has 0 radical (unpaired) electrons. The number of hydrogen-bond acceptors (Lipinski definition) is 4. The second kappa shape index (κ2) is 10.1. The molecule has 1 aromatic heterocycles. The number of aromatic nitrogens is 2. The van der Waals surface area contributed by atoms with Crippen molar-refractivity contribution in [3.05, 3.63) is 78.1 Å². The summed E-state index contributed by atoms with van der Waals surface area (Å²) in [5.74, 6) is -0.0753. The van der Waals surface area contributed by atoms with Crippen molar-refractivity contribution in [1.82, 2.24) is 20.4 Å². The Kier molecular flexibility index (Phi) is 6.75. The zero-order valence-electron chi connectivity index (χ0n) is 17.5. The molecular weight excluding hydrogens is 386 g/mol. The fourth-order valence-corrected chi connectivity index (χ4v) is 3.92. The van der Waals surface area contributed by atoms with Crippen molar-refractivity contribution in [2.45, 2.75) is 44.3 Å². The first-order valence-electron chi connectivity index (χ1n) is 10.8. The Morgan fingerprint density at radius 1 is 1.13 bits per heavy atom. The summed E-state index contributed by atoms with van der Waals surface area (Å²) >= 11 is 0. The molecule has 6 heteroatoms. The molecule has 0 saturated carbocycles. The lowest BCUT2D eigenvalue weighted by atomic mass is 10.0. The lowest BCUT2D eigenvalue weighted by Crippen LogP contribution is -2.49. The molecule has 4 rings (SSSR count). The van der Waals surface area contributed by atoms with Gasteiger partial charge < -0.3 is 10.6 Å². The molecule has 2 aromatic carbocycles. The number of nitrogens with one attached hydrogen (secondary N) is 2.